The van der Waals surface area contributed by atoms with Crippen molar-refractivity contribution in [3.05, 3.63) is 59.7 Å². The first-order chi connectivity index (χ1) is 15.2. The summed E-state index contributed by atoms with van der Waals surface area (Å²) >= 11 is 0. The molecule has 0 aliphatic carbocycles. The van der Waals surface area contributed by atoms with Gasteiger partial charge in [-0.1, -0.05) is 30.3 Å². The third-order valence-electron chi connectivity index (χ3n) is 5.88. The first-order valence-electron chi connectivity index (χ1n) is 11.1. The summed E-state index contributed by atoms with van der Waals surface area (Å²) < 4.78 is 5.67. The summed E-state index contributed by atoms with van der Waals surface area (Å²) in [6, 6.07) is 16.3. The number of aliphatic hydroxyl groups is 1. The number of aliphatic hydroxyl groups excluding tert-OH is 1. The molecule has 1 fully saturated rings. The molecule has 2 aliphatic heterocycles. The molecule has 3 N–H and O–H groups in total. The fraction of sp³-hybridized carbons (Fsp3) is 0.458. The van der Waals surface area contributed by atoms with Crippen molar-refractivity contribution < 1.29 is 14.6 Å². The Morgan fingerprint density at radius 3 is 2.74 bits per heavy atom. The lowest BCUT2D eigenvalue weighted by molar-refractivity contribution is -0.123. The first-order valence-corrected chi connectivity index (χ1v) is 11.1. The predicted molar refractivity (Wildman–Crippen MR) is 121 cm³/mol. The van der Waals surface area contributed by atoms with Gasteiger partial charge in [0.25, 0.3) is 5.91 Å². The Labute approximate surface area is 184 Å². The van der Waals surface area contributed by atoms with Crippen molar-refractivity contribution in [1.29, 1.82) is 0 Å². The first kappa shape index (κ1) is 21.6. The average Bonchev–Trinajstić information content (AvgIpc) is 2.82. The van der Waals surface area contributed by atoms with Gasteiger partial charge >= 0.3 is 0 Å². The number of piperazine rings is 1. The Morgan fingerprint density at radius 2 is 1.90 bits per heavy atom. The Kier molecular flexibility index (Phi) is 7.40. The van der Waals surface area contributed by atoms with Crippen molar-refractivity contribution in [3.8, 4) is 5.75 Å². The van der Waals surface area contributed by atoms with E-state index < -0.39 is 6.10 Å². The van der Waals surface area contributed by atoms with Gasteiger partial charge in [-0.25, -0.2) is 0 Å². The molecule has 1 atom stereocenters. The van der Waals surface area contributed by atoms with Crippen LogP contribution in [0.4, 0.5) is 5.69 Å². The molecule has 0 unspecified atom stereocenters. The van der Waals surface area contributed by atoms with E-state index in [4.69, 9.17) is 4.74 Å². The molecule has 7 heteroatoms. The standard InChI is InChI=1S/C24H32N4O3/c29-22(17-27-11-8-19-4-1-2-5-20(19)16-27)15-26-24(30)18-31-23-7-3-6-21(14-23)28-12-9-25-10-13-28/h1-7,14,22,25,29H,8-13,15-18H2,(H,26,30)/t22-/m1/s1. The van der Waals surface area contributed by atoms with E-state index in [1.807, 2.05) is 18.2 Å². The van der Waals surface area contributed by atoms with E-state index in [0.29, 0.717) is 12.3 Å². The van der Waals surface area contributed by atoms with E-state index in [1.165, 1.54) is 11.1 Å². The van der Waals surface area contributed by atoms with Crippen LogP contribution in [0.5, 0.6) is 5.75 Å². The topological polar surface area (TPSA) is 77.1 Å². The number of nitrogens with one attached hydrogen (secondary N) is 2. The number of fused-ring (bicyclic) bond motifs is 1. The van der Waals surface area contributed by atoms with Gasteiger partial charge in [0, 0.05) is 64.1 Å². The molecule has 1 amide bonds. The fourth-order valence-electron chi connectivity index (χ4n) is 4.20. The third kappa shape index (κ3) is 6.19. The zero-order valence-corrected chi connectivity index (χ0v) is 17.9. The van der Waals surface area contributed by atoms with Gasteiger partial charge in [-0.3, -0.25) is 9.69 Å². The minimum atomic E-state index is -0.606. The molecular weight excluding hydrogens is 392 g/mol. The van der Waals surface area contributed by atoms with Crippen LogP contribution in [0, 0.1) is 0 Å². The Balaban J connectivity index is 1.17. The van der Waals surface area contributed by atoms with Crippen molar-refractivity contribution in [3.63, 3.8) is 0 Å². The van der Waals surface area contributed by atoms with Crippen molar-refractivity contribution in [2.24, 2.45) is 0 Å². The molecule has 2 heterocycles. The highest BCUT2D eigenvalue weighted by Crippen LogP contribution is 2.21. The zero-order chi connectivity index (χ0) is 21.5. The molecule has 7 nitrogen and oxygen atoms in total. The second-order valence-corrected chi connectivity index (χ2v) is 8.23. The highest BCUT2D eigenvalue weighted by molar-refractivity contribution is 5.77. The third-order valence-corrected chi connectivity index (χ3v) is 5.88. The van der Waals surface area contributed by atoms with Gasteiger partial charge < -0.3 is 25.4 Å². The van der Waals surface area contributed by atoms with E-state index in [0.717, 1.165) is 51.4 Å². The molecule has 166 valence electrons. The minimum absolute atomic E-state index is 0.0607. The molecular formula is C24H32N4O3. The summed E-state index contributed by atoms with van der Waals surface area (Å²) in [7, 11) is 0. The average molecular weight is 425 g/mol. The van der Waals surface area contributed by atoms with Gasteiger partial charge in [0.05, 0.1) is 6.10 Å². The summed E-state index contributed by atoms with van der Waals surface area (Å²) in [5.74, 6) is 0.453. The van der Waals surface area contributed by atoms with E-state index in [1.54, 1.807) is 0 Å². The van der Waals surface area contributed by atoms with Gasteiger partial charge in [-0.15, -0.1) is 0 Å². The monoisotopic (exact) mass is 424 g/mol. The maximum absolute atomic E-state index is 12.2. The van der Waals surface area contributed by atoms with E-state index in [-0.39, 0.29) is 19.1 Å². The van der Waals surface area contributed by atoms with Crippen LogP contribution in [-0.2, 0) is 17.8 Å². The quantitative estimate of drug-likeness (QED) is 0.587. The smallest absolute Gasteiger partial charge is 0.258 e. The molecule has 1 saturated heterocycles. The second kappa shape index (κ2) is 10.6. The molecule has 2 aliphatic rings. The largest absolute Gasteiger partial charge is 0.484 e. The maximum atomic E-state index is 12.2. The second-order valence-electron chi connectivity index (χ2n) is 8.23. The number of amides is 1. The van der Waals surface area contributed by atoms with Crippen LogP contribution in [0.2, 0.25) is 0 Å². The highest BCUT2D eigenvalue weighted by Gasteiger charge is 2.19. The van der Waals surface area contributed by atoms with E-state index >= 15 is 0 Å². The molecule has 0 spiro atoms. The molecule has 0 saturated carbocycles. The molecule has 2 aromatic carbocycles. The number of carbonyl (C=O) groups excluding carboxylic acids is 1. The summed E-state index contributed by atoms with van der Waals surface area (Å²) in [6.07, 6.45) is 0.390. The zero-order valence-electron chi connectivity index (χ0n) is 17.9. The van der Waals surface area contributed by atoms with E-state index in [9.17, 15) is 9.90 Å². The van der Waals surface area contributed by atoms with Crippen LogP contribution in [0.1, 0.15) is 11.1 Å². The lowest BCUT2D eigenvalue weighted by Gasteiger charge is -2.30. The number of anilines is 1. The highest BCUT2D eigenvalue weighted by atomic mass is 16.5. The van der Waals surface area contributed by atoms with Crippen molar-refractivity contribution in [1.82, 2.24) is 15.5 Å². The van der Waals surface area contributed by atoms with Crippen LogP contribution in [0.15, 0.2) is 48.5 Å². The Morgan fingerprint density at radius 1 is 1.10 bits per heavy atom. The lowest BCUT2D eigenvalue weighted by Crippen LogP contribution is -2.43. The number of benzene rings is 2. The predicted octanol–water partition coefficient (Wildman–Crippen LogP) is 1.01. The van der Waals surface area contributed by atoms with Crippen molar-refractivity contribution in [2.75, 3.05) is 57.3 Å². The number of hydrogen-bond acceptors (Lipinski definition) is 6. The van der Waals surface area contributed by atoms with Gasteiger partial charge in [0.1, 0.15) is 5.75 Å². The molecule has 2 aromatic rings. The van der Waals surface area contributed by atoms with Crippen LogP contribution in [0.3, 0.4) is 0 Å². The Hall–Kier alpha value is -2.61. The number of ether oxygens (including phenoxy) is 1. The lowest BCUT2D eigenvalue weighted by atomic mass is 10.00. The molecule has 0 radical (unpaired) electrons. The molecule has 31 heavy (non-hydrogen) atoms. The number of hydrogen-bond donors (Lipinski definition) is 3. The molecule has 4 rings (SSSR count). The minimum Gasteiger partial charge on any atom is -0.484 e. The summed E-state index contributed by atoms with van der Waals surface area (Å²) in [5, 5.41) is 16.5. The van der Waals surface area contributed by atoms with Crippen molar-refractivity contribution in [2.45, 2.75) is 19.1 Å². The van der Waals surface area contributed by atoms with Crippen LogP contribution in [-0.4, -0.2) is 74.4 Å². The molecule has 0 aromatic heterocycles. The van der Waals surface area contributed by atoms with Crippen molar-refractivity contribution >= 4 is 11.6 Å². The van der Waals surface area contributed by atoms with Gasteiger partial charge in [0.2, 0.25) is 0 Å². The van der Waals surface area contributed by atoms with Crippen LogP contribution >= 0.6 is 0 Å². The number of rotatable bonds is 8. The SMILES string of the molecule is O=C(COc1cccc(N2CCNCC2)c1)NC[C@@H](O)CN1CCc2ccccc2C1. The number of carbonyl (C=O) groups is 1. The maximum Gasteiger partial charge on any atom is 0.258 e. The summed E-state index contributed by atoms with van der Waals surface area (Å²) in [6.45, 7) is 6.34. The Bertz CT molecular complexity index is 869. The molecule has 0 bridgehead atoms. The van der Waals surface area contributed by atoms with E-state index in [2.05, 4.69) is 50.8 Å². The summed E-state index contributed by atoms with van der Waals surface area (Å²) in [4.78, 5) is 16.7. The van der Waals surface area contributed by atoms with Gasteiger partial charge in [-0.05, 0) is 29.7 Å². The fourth-order valence-corrected chi connectivity index (χ4v) is 4.20. The summed E-state index contributed by atoms with van der Waals surface area (Å²) in [5.41, 5.74) is 3.82. The normalized spacial score (nSPS) is 17.6. The van der Waals surface area contributed by atoms with Crippen LogP contribution in [0.25, 0.3) is 0 Å². The van der Waals surface area contributed by atoms with Gasteiger partial charge in [-0.2, -0.15) is 0 Å². The number of β-amino-alcohol motifs (C(OH)–C–C–N with tert-alkyl or cyclic N) is 1. The van der Waals surface area contributed by atoms with Gasteiger partial charge in [0.15, 0.2) is 6.61 Å². The number of nitrogens with zero attached hydrogens (tertiary/aromatic N) is 2. The van der Waals surface area contributed by atoms with Crippen LogP contribution < -0.4 is 20.3 Å².